The minimum Gasteiger partial charge on any atom is -0.396 e. The van der Waals surface area contributed by atoms with Crippen LogP contribution in [0.15, 0.2) is 24.3 Å². The molecule has 1 heterocycles. The molecule has 0 aliphatic carbocycles. The second-order valence-electron chi connectivity index (χ2n) is 2.73. The maximum Gasteiger partial charge on any atom is 0.267 e. The smallest absolute Gasteiger partial charge is 0.267 e. The molecule has 0 aliphatic heterocycles. The summed E-state index contributed by atoms with van der Waals surface area (Å²) in [5, 5.41) is 8.54. The van der Waals surface area contributed by atoms with E-state index in [0.717, 1.165) is 0 Å². The Balaban J connectivity index is 2.78. The van der Waals surface area contributed by atoms with Gasteiger partial charge in [-0.3, -0.25) is 4.79 Å². The van der Waals surface area contributed by atoms with E-state index in [2.05, 4.69) is 4.98 Å². The zero-order valence-electron chi connectivity index (χ0n) is 7.68. The Hall–Kier alpha value is -1.68. The van der Waals surface area contributed by atoms with Crippen LogP contribution < -0.4 is 5.73 Å². The van der Waals surface area contributed by atoms with E-state index < -0.39 is 5.91 Å². The molecule has 0 aliphatic rings. The largest absolute Gasteiger partial charge is 0.396 e. The Morgan fingerprint density at radius 2 is 2.36 bits per heavy atom. The fourth-order valence-electron chi connectivity index (χ4n) is 0.960. The van der Waals surface area contributed by atoms with Gasteiger partial charge < -0.3 is 10.8 Å². The number of nitrogens with two attached hydrogens (primary N) is 1. The zero-order chi connectivity index (χ0) is 10.4. The first-order valence-corrected chi connectivity index (χ1v) is 4.28. The first-order valence-electron chi connectivity index (χ1n) is 4.28. The lowest BCUT2D eigenvalue weighted by Gasteiger charge is -1.96. The SMILES string of the molecule is NC(=O)c1cccc(C=CCCO)n1. The molecular weight excluding hydrogens is 180 g/mol. The number of hydrogen-bond acceptors (Lipinski definition) is 3. The molecule has 0 aromatic carbocycles. The molecule has 0 radical (unpaired) electrons. The lowest BCUT2D eigenvalue weighted by Crippen LogP contribution is -2.13. The summed E-state index contributed by atoms with van der Waals surface area (Å²) in [6.45, 7) is 0.103. The van der Waals surface area contributed by atoms with Crippen LogP contribution in [0.25, 0.3) is 6.08 Å². The van der Waals surface area contributed by atoms with Crippen LogP contribution in [0.5, 0.6) is 0 Å². The number of rotatable bonds is 4. The van der Waals surface area contributed by atoms with E-state index in [9.17, 15) is 4.79 Å². The molecule has 0 saturated heterocycles. The van der Waals surface area contributed by atoms with Crippen molar-refractivity contribution in [3.63, 3.8) is 0 Å². The van der Waals surface area contributed by atoms with Crippen LogP contribution in [0.1, 0.15) is 22.6 Å². The predicted octanol–water partition coefficient (Wildman–Crippen LogP) is 0.576. The van der Waals surface area contributed by atoms with Gasteiger partial charge in [0.1, 0.15) is 5.69 Å². The van der Waals surface area contributed by atoms with Crippen LogP contribution in [0, 0.1) is 0 Å². The highest BCUT2D eigenvalue weighted by molar-refractivity contribution is 5.90. The molecule has 0 spiro atoms. The molecule has 1 aromatic heterocycles. The molecule has 1 rings (SSSR count). The monoisotopic (exact) mass is 192 g/mol. The van der Waals surface area contributed by atoms with Crippen LogP contribution in [0.2, 0.25) is 0 Å². The number of aromatic nitrogens is 1. The van der Waals surface area contributed by atoms with Gasteiger partial charge in [-0.15, -0.1) is 0 Å². The number of hydrogen-bond donors (Lipinski definition) is 2. The molecule has 0 fully saturated rings. The van der Waals surface area contributed by atoms with Crippen molar-refractivity contribution in [2.24, 2.45) is 5.73 Å². The van der Waals surface area contributed by atoms with Gasteiger partial charge in [-0.2, -0.15) is 0 Å². The third-order valence-corrected chi connectivity index (χ3v) is 1.61. The standard InChI is InChI=1S/C10H12N2O2/c11-10(14)9-6-3-5-8(12-9)4-1-2-7-13/h1,3-6,13H,2,7H2,(H2,11,14). The zero-order valence-corrected chi connectivity index (χ0v) is 7.68. The van der Waals surface area contributed by atoms with E-state index in [1.165, 1.54) is 0 Å². The van der Waals surface area contributed by atoms with Gasteiger partial charge in [0.2, 0.25) is 0 Å². The summed E-state index contributed by atoms with van der Waals surface area (Å²) in [6, 6.07) is 5.04. The summed E-state index contributed by atoms with van der Waals surface area (Å²) in [5.74, 6) is -0.539. The number of pyridine rings is 1. The van der Waals surface area contributed by atoms with E-state index in [4.69, 9.17) is 10.8 Å². The Bertz CT molecular complexity index is 348. The van der Waals surface area contributed by atoms with Crippen LogP contribution in [-0.4, -0.2) is 22.6 Å². The van der Waals surface area contributed by atoms with Gasteiger partial charge in [0.15, 0.2) is 0 Å². The number of aliphatic hydroxyl groups is 1. The highest BCUT2D eigenvalue weighted by atomic mass is 16.2. The summed E-state index contributed by atoms with van der Waals surface area (Å²) in [7, 11) is 0. The Kier molecular flexibility index (Phi) is 3.82. The fourth-order valence-corrected chi connectivity index (χ4v) is 0.960. The summed E-state index contributed by atoms with van der Waals surface area (Å²) in [6.07, 6.45) is 4.10. The average molecular weight is 192 g/mol. The second-order valence-corrected chi connectivity index (χ2v) is 2.73. The summed E-state index contributed by atoms with van der Waals surface area (Å²) >= 11 is 0. The fraction of sp³-hybridized carbons (Fsp3) is 0.200. The van der Waals surface area contributed by atoms with Crippen molar-refractivity contribution in [2.75, 3.05) is 6.61 Å². The average Bonchev–Trinajstić information content (AvgIpc) is 2.19. The third kappa shape index (κ3) is 2.99. The molecule has 14 heavy (non-hydrogen) atoms. The van der Waals surface area contributed by atoms with Gasteiger partial charge in [-0.05, 0) is 24.6 Å². The van der Waals surface area contributed by atoms with Crippen molar-refractivity contribution >= 4 is 12.0 Å². The van der Waals surface area contributed by atoms with Crippen molar-refractivity contribution < 1.29 is 9.90 Å². The first kappa shape index (κ1) is 10.4. The number of nitrogens with zero attached hydrogens (tertiary/aromatic N) is 1. The minimum absolute atomic E-state index is 0.103. The molecule has 1 aromatic rings. The van der Waals surface area contributed by atoms with Crippen LogP contribution in [-0.2, 0) is 0 Å². The normalized spacial score (nSPS) is 10.6. The van der Waals surface area contributed by atoms with Gasteiger partial charge >= 0.3 is 0 Å². The number of carbonyl (C=O) groups is 1. The molecule has 3 N–H and O–H groups in total. The molecule has 74 valence electrons. The van der Waals surface area contributed by atoms with Crippen LogP contribution in [0.3, 0.4) is 0 Å². The van der Waals surface area contributed by atoms with E-state index in [-0.39, 0.29) is 12.3 Å². The highest BCUT2D eigenvalue weighted by Gasteiger charge is 2.00. The maximum atomic E-state index is 10.8. The minimum atomic E-state index is -0.539. The van der Waals surface area contributed by atoms with Gasteiger partial charge in [-0.25, -0.2) is 4.98 Å². The van der Waals surface area contributed by atoms with Crippen LogP contribution in [0.4, 0.5) is 0 Å². The van der Waals surface area contributed by atoms with Crippen molar-refractivity contribution in [3.8, 4) is 0 Å². The van der Waals surface area contributed by atoms with Crippen molar-refractivity contribution in [3.05, 3.63) is 35.7 Å². The number of aliphatic hydroxyl groups excluding tert-OH is 1. The first-order chi connectivity index (χ1) is 6.74. The van der Waals surface area contributed by atoms with Crippen molar-refractivity contribution in [1.29, 1.82) is 0 Å². The van der Waals surface area contributed by atoms with Gasteiger partial charge in [0.25, 0.3) is 5.91 Å². The number of primary amides is 1. The van der Waals surface area contributed by atoms with Gasteiger partial charge in [0.05, 0.1) is 5.69 Å². The number of carbonyl (C=O) groups excluding carboxylic acids is 1. The summed E-state index contributed by atoms with van der Waals surface area (Å²) in [5.41, 5.74) is 5.98. The number of amides is 1. The molecule has 0 atom stereocenters. The maximum absolute atomic E-state index is 10.8. The second kappa shape index (κ2) is 5.14. The summed E-state index contributed by atoms with van der Waals surface area (Å²) < 4.78 is 0. The van der Waals surface area contributed by atoms with E-state index >= 15 is 0 Å². The topological polar surface area (TPSA) is 76.2 Å². The van der Waals surface area contributed by atoms with Gasteiger partial charge in [-0.1, -0.05) is 12.1 Å². The molecule has 4 nitrogen and oxygen atoms in total. The molecule has 0 bridgehead atoms. The Labute approximate surface area is 82.1 Å². The Morgan fingerprint density at radius 3 is 3.00 bits per heavy atom. The highest BCUT2D eigenvalue weighted by Crippen LogP contribution is 2.01. The summed E-state index contributed by atoms with van der Waals surface area (Å²) in [4.78, 5) is 14.8. The van der Waals surface area contributed by atoms with Crippen LogP contribution >= 0.6 is 0 Å². The molecular formula is C10H12N2O2. The van der Waals surface area contributed by atoms with Crippen molar-refractivity contribution in [1.82, 2.24) is 4.98 Å². The lowest BCUT2D eigenvalue weighted by atomic mass is 10.2. The molecule has 4 heteroatoms. The van der Waals surface area contributed by atoms with Gasteiger partial charge in [0, 0.05) is 6.61 Å². The third-order valence-electron chi connectivity index (χ3n) is 1.61. The van der Waals surface area contributed by atoms with E-state index in [1.54, 1.807) is 30.4 Å². The van der Waals surface area contributed by atoms with E-state index in [0.29, 0.717) is 12.1 Å². The molecule has 1 amide bonds. The predicted molar refractivity (Wildman–Crippen MR) is 53.5 cm³/mol. The quantitative estimate of drug-likeness (QED) is 0.732. The molecule has 0 unspecified atom stereocenters. The molecule has 0 saturated carbocycles. The van der Waals surface area contributed by atoms with Crippen molar-refractivity contribution in [2.45, 2.75) is 6.42 Å². The lowest BCUT2D eigenvalue weighted by molar-refractivity contribution is 0.0995. The Morgan fingerprint density at radius 1 is 1.57 bits per heavy atom. The van der Waals surface area contributed by atoms with E-state index in [1.807, 2.05) is 0 Å².